The van der Waals surface area contributed by atoms with Crippen LogP contribution in [0.3, 0.4) is 0 Å². The van der Waals surface area contributed by atoms with E-state index in [4.69, 9.17) is 0 Å². The Labute approximate surface area is 163 Å². The maximum absolute atomic E-state index is 12.2. The lowest BCUT2D eigenvalue weighted by atomic mass is 9.86. The number of likely N-dealkylation sites (tertiary alicyclic amines) is 1. The van der Waals surface area contributed by atoms with E-state index in [-0.39, 0.29) is 12.3 Å². The number of hydrogen-bond donors (Lipinski definition) is 2. The Morgan fingerprint density at radius 1 is 1.22 bits per heavy atom. The van der Waals surface area contributed by atoms with Crippen molar-refractivity contribution in [1.82, 2.24) is 14.9 Å². The van der Waals surface area contributed by atoms with Crippen molar-refractivity contribution in [2.45, 2.75) is 38.5 Å². The summed E-state index contributed by atoms with van der Waals surface area (Å²) in [6.45, 7) is 5.54. The molecule has 1 saturated heterocycles. The summed E-state index contributed by atoms with van der Waals surface area (Å²) in [5.74, 6) is 1.90. The van der Waals surface area contributed by atoms with Crippen LogP contribution in [-0.4, -0.2) is 57.8 Å². The molecule has 1 aliphatic heterocycles. The zero-order valence-corrected chi connectivity index (χ0v) is 17.0. The molecule has 150 valence electrons. The summed E-state index contributed by atoms with van der Waals surface area (Å²) in [7, 11) is -3.24. The first-order chi connectivity index (χ1) is 13.1. The van der Waals surface area contributed by atoms with Crippen molar-refractivity contribution in [1.29, 1.82) is 0 Å². The Balaban J connectivity index is 1.51. The highest BCUT2D eigenvalue weighted by molar-refractivity contribution is 7.89. The van der Waals surface area contributed by atoms with Crippen molar-refractivity contribution in [2.75, 3.05) is 38.5 Å². The van der Waals surface area contributed by atoms with Crippen LogP contribution in [0.25, 0.3) is 0 Å². The Bertz CT molecular complexity index is 717. The van der Waals surface area contributed by atoms with Gasteiger partial charge in [-0.2, -0.15) is 0 Å². The number of benzene rings is 1. The second-order valence-corrected chi connectivity index (χ2v) is 9.47. The largest absolute Gasteiger partial charge is 0.357 e. The normalized spacial score (nSPS) is 21.3. The van der Waals surface area contributed by atoms with E-state index in [2.05, 4.69) is 44.2 Å². The van der Waals surface area contributed by atoms with E-state index in [0.717, 1.165) is 44.9 Å². The van der Waals surface area contributed by atoms with Crippen LogP contribution >= 0.6 is 0 Å². The number of guanidine groups is 1. The van der Waals surface area contributed by atoms with Gasteiger partial charge in [-0.25, -0.2) is 13.1 Å². The zero-order valence-electron chi connectivity index (χ0n) is 16.2. The van der Waals surface area contributed by atoms with Gasteiger partial charge in [-0.1, -0.05) is 36.8 Å². The fraction of sp³-hybridized carbons (Fsp3) is 0.650. The quantitative estimate of drug-likeness (QED) is 0.525. The average Bonchev–Trinajstić information content (AvgIpc) is 3.10. The van der Waals surface area contributed by atoms with E-state index < -0.39 is 10.0 Å². The summed E-state index contributed by atoms with van der Waals surface area (Å²) in [6.07, 6.45) is 4.60. The first-order valence-corrected chi connectivity index (χ1v) is 11.8. The number of nitrogens with one attached hydrogen (secondary N) is 2. The van der Waals surface area contributed by atoms with E-state index >= 15 is 0 Å². The summed E-state index contributed by atoms with van der Waals surface area (Å²) in [5.41, 5.74) is 1.36. The number of rotatable bonds is 8. The van der Waals surface area contributed by atoms with Gasteiger partial charge in [0.1, 0.15) is 0 Å². The molecule has 1 heterocycles. The number of nitrogens with zero attached hydrogens (tertiary/aromatic N) is 2. The van der Waals surface area contributed by atoms with Crippen LogP contribution in [0.4, 0.5) is 0 Å². The van der Waals surface area contributed by atoms with E-state index in [0.29, 0.717) is 18.4 Å². The van der Waals surface area contributed by atoms with E-state index in [1.165, 1.54) is 12.0 Å². The lowest BCUT2D eigenvalue weighted by Gasteiger charge is -2.25. The summed E-state index contributed by atoms with van der Waals surface area (Å²) in [6, 6.07) is 10.6. The average molecular weight is 393 g/mol. The van der Waals surface area contributed by atoms with Crippen molar-refractivity contribution in [3.05, 3.63) is 35.9 Å². The standard InChI is InChI=1S/C20H32N4O2S/c1-2-21-20(22-12-14-27(25,26)23-15-17-7-6-8-17)24-13-11-19(16-24)18-9-4-3-5-10-18/h3-5,9-10,17,19,23H,2,6-8,11-16H2,1H3,(H,21,22). The topological polar surface area (TPSA) is 73.8 Å². The molecule has 0 radical (unpaired) electrons. The molecule has 0 amide bonds. The molecule has 1 aromatic rings. The lowest BCUT2D eigenvalue weighted by molar-refractivity contribution is 0.316. The minimum absolute atomic E-state index is 0.0462. The van der Waals surface area contributed by atoms with Gasteiger partial charge in [0.25, 0.3) is 0 Å². The molecule has 27 heavy (non-hydrogen) atoms. The van der Waals surface area contributed by atoms with E-state index in [1.807, 2.05) is 13.0 Å². The summed E-state index contributed by atoms with van der Waals surface area (Å²) in [5, 5.41) is 3.31. The van der Waals surface area contributed by atoms with Gasteiger partial charge in [0, 0.05) is 32.1 Å². The lowest BCUT2D eigenvalue weighted by Crippen LogP contribution is -2.40. The maximum Gasteiger partial charge on any atom is 0.213 e. The monoisotopic (exact) mass is 392 g/mol. The van der Waals surface area contributed by atoms with Crippen LogP contribution in [0, 0.1) is 5.92 Å². The smallest absolute Gasteiger partial charge is 0.213 e. The fourth-order valence-electron chi connectivity index (χ4n) is 3.66. The summed E-state index contributed by atoms with van der Waals surface area (Å²) < 4.78 is 27.1. The molecule has 7 heteroatoms. The maximum atomic E-state index is 12.2. The number of sulfonamides is 1. The molecule has 1 aliphatic carbocycles. The zero-order chi connectivity index (χ0) is 19.1. The Kier molecular flexibility index (Phi) is 7.13. The minimum atomic E-state index is -3.24. The molecule has 2 fully saturated rings. The van der Waals surface area contributed by atoms with Crippen LogP contribution in [0.15, 0.2) is 35.3 Å². The number of aliphatic imine (C=N–C) groups is 1. The molecule has 1 unspecified atom stereocenters. The molecule has 1 atom stereocenters. The Morgan fingerprint density at radius 3 is 2.67 bits per heavy atom. The van der Waals surface area contributed by atoms with Crippen molar-refractivity contribution < 1.29 is 8.42 Å². The summed E-state index contributed by atoms with van der Waals surface area (Å²) >= 11 is 0. The fourth-order valence-corrected chi connectivity index (χ4v) is 4.63. The Hall–Kier alpha value is -1.60. The van der Waals surface area contributed by atoms with Gasteiger partial charge in [-0.15, -0.1) is 0 Å². The molecule has 1 saturated carbocycles. The molecule has 0 bridgehead atoms. The Morgan fingerprint density at radius 2 is 2.00 bits per heavy atom. The second kappa shape index (κ2) is 9.55. The van der Waals surface area contributed by atoms with Gasteiger partial charge in [-0.3, -0.25) is 4.99 Å². The van der Waals surface area contributed by atoms with Crippen molar-refractivity contribution in [3.8, 4) is 0 Å². The van der Waals surface area contributed by atoms with Gasteiger partial charge in [0.15, 0.2) is 5.96 Å². The van der Waals surface area contributed by atoms with Crippen molar-refractivity contribution in [2.24, 2.45) is 10.9 Å². The minimum Gasteiger partial charge on any atom is -0.357 e. The highest BCUT2D eigenvalue weighted by Gasteiger charge is 2.26. The van der Waals surface area contributed by atoms with Crippen molar-refractivity contribution in [3.63, 3.8) is 0 Å². The molecule has 2 N–H and O–H groups in total. The molecule has 0 spiro atoms. The number of hydrogen-bond acceptors (Lipinski definition) is 3. The van der Waals surface area contributed by atoms with Crippen LogP contribution in [0.5, 0.6) is 0 Å². The van der Waals surface area contributed by atoms with Gasteiger partial charge >= 0.3 is 0 Å². The highest BCUT2D eigenvalue weighted by Crippen LogP contribution is 2.27. The third-order valence-corrected chi connectivity index (χ3v) is 6.86. The second-order valence-electron chi connectivity index (χ2n) is 7.54. The predicted molar refractivity (Wildman–Crippen MR) is 110 cm³/mol. The highest BCUT2D eigenvalue weighted by atomic mass is 32.2. The van der Waals surface area contributed by atoms with Crippen LogP contribution in [0.2, 0.25) is 0 Å². The van der Waals surface area contributed by atoms with E-state index in [1.54, 1.807) is 0 Å². The molecular weight excluding hydrogens is 360 g/mol. The molecule has 0 aromatic heterocycles. The SMILES string of the molecule is CCNC(=NCCS(=O)(=O)NCC1CCC1)N1CCC(c2ccccc2)C1. The first kappa shape index (κ1) is 20.1. The van der Waals surface area contributed by atoms with Crippen LogP contribution in [0.1, 0.15) is 44.1 Å². The van der Waals surface area contributed by atoms with Gasteiger partial charge in [0.2, 0.25) is 10.0 Å². The van der Waals surface area contributed by atoms with Gasteiger partial charge < -0.3 is 10.2 Å². The molecule has 3 rings (SSSR count). The van der Waals surface area contributed by atoms with Crippen molar-refractivity contribution >= 4 is 16.0 Å². The molecule has 2 aliphatic rings. The van der Waals surface area contributed by atoms with E-state index in [9.17, 15) is 8.42 Å². The first-order valence-electron chi connectivity index (χ1n) is 10.1. The van der Waals surface area contributed by atoms with Crippen LogP contribution in [-0.2, 0) is 10.0 Å². The van der Waals surface area contributed by atoms with Gasteiger partial charge in [-0.05, 0) is 37.7 Å². The predicted octanol–water partition coefficient (Wildman–Crippen LogP) is 2.16. The molecule has 6 nitrogen and oxygen atoms in total. The van der Waals surface area contributed by atoms with Crippen LogP contribution < -0.4 is 10.0 Å². The van der Waals surface area contributed by atoms with Gasteiger partial charge in [0.05, 0.1) is 12.3 Å². The third-order valence-electron chi connectivity index (χ3n) is 5.53. The molecular formula is C20H32N4O2S. The molecule has 1 aromatic carbocycles. The third kappa shape index (κ3) is 5.94. The summed E-state index contributed by atoms with van der Waals surface area (Å²) in [4.78, 5) is 6.83.